The van der Waals surface area contributed by atoms with Gasteiger partial charge in [0.25, 0.3) is 5.56 Å². The van der Waals surface area contributed by atoms with Crippen molar-refractivity contribution in [1.82, 2.24) is 9.47 Å². The van der Waals surface area contributed by atoms with E-state index in [1.165, 1.54) is 22.8 Å². The van der Waals surface area contributed by atoms with Gasteiger partial charge in [0.1, 0.15) is 17.6 Å². The number of hydrogen-bond donors (Lipinski definition) is 0. The van der Waals surface area contributed by atoms with Crippen LogP contribution in [0.5, 0.6) is 11.5 Å². The zero-order chi connectivity index (χ0) is 27.4. The van der Waals surface area contributed by atoms with Crippen LogP contribution in [0.25, 0.3) is 16.8 Å². The minimum atomic E-state index is -3.31. The lowest BCUT2D eigenvalue weighted by Crippen LogP contribution is -2.43. The second-order valence-corrected chi connectivity index (χ2v) is 11.4. The SMILES string of the molecule is CS(=O)(=O)c1ccc(-n2ccc(OC3CCN(C(=O)Oc4ccc(-c5ccccc5)cc4)CC3)cc2=O)cc1. The Hall–Kier alpha value is -4.37. The molecule has 0 unspecified atom stereocenters. The maximum Gasteiger partial charge on any atom is 0.415 e. The molecular formula is C30H28N2O6S. The van der Waals surface area contributed by atoms with Gasteiger partial charge in [-0.15, -0.1) is 0 Å². The van der Waals surface area contributed by atoms with E-state index in [0.717, 1.165) is 17.4 Å². The van der Waals surface area contributed by atoms with Gasteiger partial charge in [-0.3, -0.25) is 9.36 Å². The number of sulfone groups is 1. The Bertz CT molecular complexity index is 1610. The number of benzene rings is 3. The lowest BCUT2D eigenvalue weighted by Gasteiger charge is -2.31. The fourth-order valence-corrected chi connectivity index (χ4v) is 5.09. The fraction of sp³-hybridized carbons (Fsp3) is 0.200. The molecule has 1 saturated heterocycles. The van der Waals surface area contributed by atoms with E-state index in [1.807, 2.05) is 42.5 Å². The van der Waals surface area contributed by atoms with Crippen molar-refractivity contribution in [1.29, 1.82) is 0 Å². The van der Waals surface area contributed by atoms with Crippen molar-refractivity contribution < 1.29 is 22.7 Å². The fourth-order valence-electron chi connectivity index (χ4n) is 4.46. The number of pyridine rings is 1. The number of carbonyl (C=O) groups excluding carboxylic acids is 1. The Labute approximate surface area is 227 Å². The third-order valence-electron chi connectivity index (χ3n) is 6.60. The van der Waals surface area contributed by atoms with E-state index in [2.05, 4.69) is 0 Å². The van der Waals surface area contributed by atoms with Crippen LogP contribution in [0, 0.1) is 0 Å². The van der Waals surface area contributed by atoms with Gasteiger partial charge in [0.05, 0.1) is 4.90 Å². The second-order valence-electron chi connectivity index (χ2n) is 9.40. The van der Waals surface area contributed by atoms with E-state index in [4.69, 9.17) is 9.47 Å². The van der Waals surface area contributed by atoms with Gasteiger partial charge in [-0.1, -0.05) is 42.5 Å². The molecule has 0 N–H and O–H groups in total. The predicted molar refractivity (Wildman–Crippen MR) is 148 cm³/mol. The van der Waals surface area contributed by atoms with Crippen LogP contribution in [-0.2, 0) is 9.84 Å². The predicted octanol–water partition coefficient (Wildman–Crippen LogP) is 4.95. The van der Waals surface area contributed by atoms with E-state index < -0.39 is 15.9 Å². The normalized spacial score (nSPS) is 14.1. The van der Waals surface area contributed by atoms with E-state index in [1.54, 1.807) is 41.4 Å². The van der Waals surface area contributed by atoms with Gasteiger partial charge in [-0.25, -0.2) is 13.2 Å². The molecule has 0 aliphatic carbocycles. The first-order valence-electron chi connectivity index (χ1n) is 12.6. The average molecular weight is 545 g/mol. The van der Waals surface area contributed by atoms with Crippen LogP contribution in [0.15, 0.2) is 107 Å². The summed E-state index contributed by atoms with van der Waals surface area (Å²) in [6.07, 6.45) is 3.42. The number of piperidine rings is 1. The van der Waals surface area contributed by atoms with Gasteiger partial charge in [-0.05, 0) is 53.6 Å². The molecule has 5 rings (SSSR count). The highest BCUT2D eigenvalue weighted by Crippen LogP contribution is 2.24. The summed E-state index contributed by atoms with van der Waals surface area (Å²) in [5.41, 5.74) is 2.41. The smallest absolute Gasteiger partial charge is 0.415 e. The van der Waals surface area contributed by atoms with Crippen LogP contribution in [0.2, 0.25) is 0 Å². The van der Waals surface area contributed by atoms with Gasteiger partial charge in [0, 0.05) is 50.1 Å². The third-order valence-corrected chi connectivity index (χ3v) is 7.73. The van der Waals surface area contributed by atoms with E-state index in [-0.39, 0.29) is 16.6 Å². The summed E-state index contributed by atoms with van der Waals surface area (Å²) in [5.74, 6) is 0.938. The van der Waals surface area contributed by atoms with Crippen LogP contribution in [0.3, 0.4) is 0 Å². The van der Waals surface area contributed by atoms with Crippen molar-refractivity contribution in [3.8, 4) is 28.3 Å². The van der Waals surface area contributed by atoms with Crippen LogP contribution in [0.4, 0.5) is 4.79 Å². The standard InChI is InChI=1S/C30H28N2O6S/c1-39(35,36)28-13-9-24(10-14-28)32-20-17-27(21-29(32)33)37-26-15-18-31(19-16-26)30(34)38-25-11-7-23(8-12-25)22-5-3-2-4-6-22/h2-14,17,20-21,26H,15-16,18-19H2,1H3. The Morgan fingerprint density at radius 2 is 1.46 bits per heavy atom. The highest BCUT2D eigenvalue weighted by Gasteiger charge is 2.25. The average Bonchev–Trinajstić information content (AvgIpc) is 2.94. The Morgan fingerprint density at radius 1 is 0.821 bits per heavy atom. The highest BCUT2D eigenvalue weighted by molar-refractivity contribution is 7.90. The molecule has 1 amide bonds. The topological polar surface area (TPSA) is 94.9 Å². The van der Waals surface area contributed by atoms with Crippen molar-refractivity contribution in [2.45, 2.75) is 23.8 Å². The zero-order valence-corrected chi connectivity index (χ0v) is 22.2. The van der Waals surface area contributed by atoms with Gasteiger partial charge >= 0.3 is 6.09 Å². The Morgan fingerprint density at radius 3 is 2.08 bits per heavy atom. The summed E-state index contributed by atoms with van der Waals surface area (Å²) in [6.45, 7) is 0.963. The van der Waals surface area contributed by atoms with Gasteiger partial charge < -0.3 is 14.4 Å². The first kappa shape index (κ1) is 26.2. The first-order valence-corrected chi connectivity index (χ1v) is 14.5. The molecule has 2 heterocycles. The molecule has 3 aromatic carbocycles. The maximum absolute atomic E-state index is 12.7. The minimum absolute atomic E-state index is 0.136. The summed E-state index contributed by atoms with van der Waals surface area (Å²) in [5, 5.41) is 0. The molecule has 1 aliphatic rings. The van der Waals surface area contributed by atoms with Crippen molar-refractivity contribution in [3.63, 3.8) is 0 Å². The number of likely N-dealkylation sites (tertiary alicyclic amines) is 1. The Balaban J connectivity index is 1.14. The summed E-state index contributed by atoms with van der Waals surface area (Å²) in [4.78, 5) is 27.2. The van der Waals surface area contributed by atoms with E-state index in [0.29, 0.717) is 43.1 Å². The molecular weight excluding hydrogens is 516 g/mol. The summed E-state index contributed by atoms with van der Waals surface area (Å²) < 4.78 is 36.3. The number of hydrogen-bond acceptors (Lipinski definition) is 6. The molecule has 0 atom stereocenters. The molecule has 0 bridgehead atoms. The molecule has 4 aromatic rings. The van der Waals surface area contributed by atoms with Crippen molar-refractivity contribution in [2.75, 3.05) is 19.3 Å². The monoisotopic (exact) mass is 544 g/mol. The number of ether oxygens (including phenoxy) is 2. The number of aromatic nitrogens is 1. The third kappa shape index (κ3) is 6.38. The molecule has 0 radical (unpaired) electrons. The minimum Gasteiger partial charge on any atom is -0.490 e. The first-order chi connectivity index (χ1) is 18.8. The maximum atomic E-state index is 12.7. The quantitative estimate of drug-likeness (QED) is 0.341. The summed E-state index contributed by atoms with van der Waals surface area (Å²) in [6, 6.07) is 26.6. The Kier molecular flexibility index (Phi) is 7.51. The van der Waals surface area contributed by atoms with E-state index in [9.17, 15) is 18.0 Å². The summed E-state index contributed by atoms with van der Waals surface area (Å²) in [7, 11) is -3.31. The zero-order valence-electron chi connectivity index (χ0n) is 21.4. The van der Waals surface area contributed by atoms with Crippen LogP contribution >= 0.6 is 0 Å². The summed E-state index contributed by atoms with van der Waals surface area (Å²) >= 11 is 0. The molecule has 0 saturated carbocycles. The van der Waals surface area contributed by atoms with Crippen molar-refractivity contribution in [3.05, 3.63) is 108 Å². The lowest BCUT2D eigenvalue weighted by atomic mass is 10.1. The number of rotatable bonds is 6. The van der Waals surface area contributed by atoms with Crippen molar-refractivity contribution >= 4 is 15.9 Å². The highest BCUT2D eigenvalue weighted by atomic mass is 32.2. The molecule has 200 valence electrons. The second kappa shape index (κ2) is 11.2. The molecule has 39 heavy (non-hydrogen) atoms. The van der Waals surface area contributed by atoms with Gasteiger partial charge in [0.15, 0.2) is 9.84 Å². The van der Waals surface area contributed by atoms with Crippen LogP contribution in [-0.4, -0.2) is 49.4 Å². The number of nitrogens with zero attached hydrogens (tertiary/aromatic N) is 2. The molecule has 1 aromatic heterocycles. The molecule has 1 aliphatic heterocycles. The van der Waals surface area contributed by atoms with E-state index >= 15 is 0 Å². The van der Waals surface area contributed by atoms with Gasteiger partial charge in [-0.2, -0.15) is 0 Å². The molecule has 9 heteroatoms. The lowest BCUT2D eigenvalue weighted by molar-refractivity contribution is 0.0929. The van der Waals surface area contributed by atoms with Gasteiger partial charge in [0.2, 0.25) is 0 Å². The number of amides is 1. The van der Waals surface area contributed by atoms with Crippen LogP contribution < -0.4 is 15.0 Å². The van der Waals surface area contributed by atoms with Crippen LogP contribution in [0.1, 0.15) is 12.8 Å². The molecule has 8 nitrogen and oxygen atoms in total. The number of carbonyl (C=O) groups is 1. The largest absolute Gasteiger partial charge is 0.490 e. The molecule has 0 spiro atoms. The van der Waals surface area contributed by atoms with Crippen molar-refractivity contribution in [2.24, 2.45) is 0 Å². The molecule has 1 fully saturated rings.